The number of carbonyl (C=O) groups excluding carboxylic acids is 2. The van der Waals surface area contributed by atoms with Crippen LogP contribution in [-0.2, 0) is 9.59 Å². The summed E-state index contributed by atoms with van der Waals surface area (Å²) in [5.41, 5.74) is 0. The Morgan fingerprint density at radius 2 is 1.79 bits per heavy atom. The minimum Gasteiger partial charge on any atom is -0.480 e. The molecule has 2 atom stereocenters. The van der Waals surface area contributed by atoms with Crippen LogP contribution in [-0.4, -0.2) is 42.1 Å². The maximum atomic E-state index is 11.5. The van der Waals surface area contributed by atoms with Gasteiger partial charge in [0.15, 0.2) is 0 Å². The Bertz CT molecular complexity index is 320. The van der Waals surface area contributed by atoms with Crippen molar-refractivity contribution in [3.8, 4) is 0 Å². The van der Waals surface area contributed by atoms with Gasteiger partial charge in [-0.3, -0.25) is 4.79 Å². The summed E-state index contributed by atoms with van der Waals surface area (Å²) in [6.45, 7) is 5.89. The van der Waals surface area contributed by atoms with Crippen LogP contribution in [0.3, 0.4) is 0 Å². The third-order valence-corrected chi connectivity index (χ3v) is 2.75. The van der Waals surface area contributed by atoms with Crippen molar-refractivity contribution in [1.29, 1.82) is 0 Å². The summed E-state index contributed by atoms with van der Waals surface area (Å²) < 4.78 is 0. The molecule has 0 bridgehead atoms. The molecule has 0 aromatic carbocycles. The maximum Gasteiger partial charge on any atom is 0.326 e. The van der Waals surface area contributed by atoms with Crippen molar-refractivity contribution in [1.82, 2.24) is 16.0 Å². The Hall–Kier alpha value is -1.79. The van der Waals surface area contributed by atoms with E-state index in [1.54, 1.807) is 6.92 Å². The first kappa shape index (κ1) is 17.2. The van der Waals surface area contributed by atoms with E-state index in [1.165, 1.54) is 0 Å². The van der Waals surface area contributed by atoms with Gasteiger partial charge in [0.2, 0.25) is 5.91 Å². The Labute approximate surface area is 113 Å². The second kappa shape index (κ2) is 9.18. The molecule has 0 fully saturated rings. The first-order valence-electron chi connectivity index (χ1n) is 6.46. The SMILES string of the molecule is CCCNC(=O)CNC(=O)N[C@H](C(=O)O)C(C)CC. The lowest BCUT2D eigenvalue weighted by atomic mass is 9.99. The first-order chi connectivity index (χ1) is 8.92. The number of aliphatic carboxylic acids is 1. The van der Waals surface area contributed by atoms with E-state index >= 15 is 0 Å². The van der Waals surface area contributed by atoms with Gasteiger partial charge in [0.1, 0.15) is 6.04 Å². The predicted octanol–water partition coefficient (Wildman–Crippen LogP) is 0.311. The molecular weight excluding hydrogens is 250 g/mol. The molecule has 110 valence electrons. The summed E-state index contributed by atoms with van der Waals surface area (Å²) >= 11 is 0. The molecule has 0 saturated carbocycles. The Morgan fingerprint density at radius 1 is 1.16 bits per heavy atom. The highest BCUT2D eigenvalue weighted by atomic mass is 16.4. The number of amides is 3. The van der Waals surface area contributed by atoms with Crippen molar-refractivity contribution in [3.05, 3.63) is 0 Å². The number of carboxylic acid groups (broad SMARTS) is 1. The smallest absolute Gasteiger partial charge is 0.326 e. The van der Waals surface area contributed by atoms with Crippen molar-refractivity contribution in [2.24, 2.45) is 5.92 Å². The molecule has 0 spiro atoms. The number of hydrogen-bond donors (Lipinski definition) is 4. The minimum atomic E-state index is -1.08. The van der Waals surface area contributed by atoms with Crippen LogP contribution in [0.5, 0.6) is 0 Å². The van der Waals surface area contributed by atoms with Crippen LogP contribution in [0.4, 0.5) is 4.79 Å². The maximum absolute atomic E-state index is 11.5. The largest absolute Gasteiger partial charge is 0.480 e. The quantitative estimate of drug-likeness (QED) is 0.510. The number of carbonyl (C=O) groups is 3. The highest BCUT2D eigenvalue weighted by molar-refractivity contribution is 5.86. The van der Waals surface area contributed by atoms with E-state index in [-0.39, 0.29) is 18.4 Å². The molecule has 3 amide bonds. The van der Waals surface area contributed by atoms with Gasteiger partial charge in [-0.25, -0.2) is 9.59 Å². The average molecular weight is 273 g/mol. The van der Waals surface area contributed by atoms with Crippen LogP contribution >= 0.6 is 0 Å². The van der Waals surface area contributed by atoms with Gasteiger partial charge < -0.3 is 21.1 Å². The molecule has 0 aromatic heterocycles. The molecule has 0 saturated heterocycles. The zero-order valence-electron chi connectivity index (χ0n) is 11.7. The van der Waals surface area contributed by atoms with E-state index in [9.17, 15) is 14.4 Å². The second-order valence-electron chi connectivity index (χ2n) is 4.38. The number of nitrogens with one attached hydrogen (secondary N) is 3. The van der Waals surface area contributed by atoms with E-state index in [1.807, 2.05) is 13.8 Å². The molecule has 1 unspecified atom stereocenters. The summed E-state index contributed by atoms with van der Waals surface area (Å²) in [5, 5.41) is 16.3. The van der Waals surface area contributed by atoms with E-state index in [4.69, 9.17) is 5.11 Å². The van der Waals surface area contributed by atoms with Gasteiger partial charge >= 0.3 is 12.0 Å². The topological polar surface area (TPSA) is 108 Å². The highest BCUT2D eigenvalue weighted by Gasteiger charge is 2.25. The van der Waals surface area contributed by atoms with Crippen molar-refractivity contribution in [3.63, 3.8) is 0 Å². The standard InChI is InChI=1S/C12H23N3O4/c1-4-6-13-9(16)7-14-12(19)15-10(11(17)18)8(3)5-2/h8,10H,4-7H2,1-3H3,(H,13,16)(H,17,18)(H2,14,15,19)/t8?,10-/m0/s1. The van der Waals surface area contributed by atoms with Crippen molar-refractivity contribution in [2.45, 2.75) is 39.7 Å². The fourth-order valence-corrected chi connectivity index (χ4v) is 1.36. The van der Waals surface area contributed by atoms with Gasteiger partial charge in [0.25, 0.3) is 0 Å². The fourth-order valence-electron chi connectivity index (χ4n) is 1.36. The van der Waals surface area contributed by atoms with Crippen LogP contribution < -0.4 is 16.0 Å². The van der Waals surface area contributed by atoms with Crippen LogP contribution in [0.2, 0.25) is 0 Å². The van der Waals surface area contributed by atoms with Crippen molar-refractivity contribution >= 4 is 17.9 Å². The Kier molecular flexibility index (Phi) is 8.32. The van der Waals surface area contributed by atoms with Gasteiger partial charge in [-0.05, 0) is 12.3 Å². The second-order valence-corrected chi connectivity index (χ2v) is 4.38. The third kappa shape index (κ3) is 7.28. The van der Waals surface area contributed by atoms with E-state index in [2.05, 4.69) is 16.0 Å². The third-order valence-electron chi connectivity index (χ3n) is 2.75. The molecule has 0 radical (unpaired) electrons. The molecule has 0 rings (SSSR count). The lowest BCUT2D eigenvalue weighted by Crippen LogP contribution is -2.50. The van der Waals surface area contributed by atoms with E-state index in [0.717, 1.165) is 6.42 Å². The van der Waals surface area contributed by atoms with E-state index in [0.29, 0.717) is 13.0 Å². The molecule has 7 nitrogen and oxygen atoms in total. The van der Waals surface area contributed by atoms with Crippen LogP contribution in [0.25, 0.3) is 0 Å². The molecule has 0 aliphatic carbocycles. The number of hydrogen-bond acceptors (Lipinski definition) is 3. The predicted molar refractivity (Wildman–Crippen MR) is 70.7 cm³/mol. The molecule has 0 aliphatic rings. The molecule has 19 heavy (non-hydrogen) atoms. The van der Waals surface area contributed by atoms with Gasteiger partial charge in [0.05, 0.1) is 6.54 Å². The average Bonchev–Trinajstić information content (AvgIpc) is 2.38. The van der Waals surface area contributed by atoms with Crippen LogP contribution in [0.15, 0.2) is 0 Å². The molecule has 0 aromatic rings. The normalized spacial score (nSPS) is 13.2. The van der Waals surface area contributed by atoms with Gasteiger partial charge in [-0.1, -0.05) is 27.2 Å². The zero-order valence-corrected chi connectivity index (χ0v) is 11.7. The summed E-state index contributed by atoms with van der Waals surface area (Å²) in [5.74, 6) is -1.57. The highest BCUT2D eigenvalue weighted by Crippen LogP contribution is 2.07. The summed E-state index contributed by atoms with van der Waals surface area (Å²) in [7, 11) is 0. The fraction of sp³-hybridized carbons (Fsp3) is 0.750. The number of rotatable bonds is 8. The van der Waals surface area contributed by atoms with Crippen molar-refractivity contribution < 1.29 is 19.5 Å². The molecule has 4 N–H and O–H groups in total. The lowest BCUT2D eigenvalue weighted by molar-refractivity contribution is -0.140. The lowest BCUT2D eigenvalue weighted by Gasteiger charge is -2.20. The van der Waals surface area contributed by atoms with Crippen molar-refractivity contribution in [2.75, 3.05) is 13.1 Å². The van der Waals surface area contributed by atoms with Gasteiger partial charge in [-0.2, -0.15) is 0 Å². The molecule has 0 heterocycles. The number of urea groups is 1. The summed E-state index contributed by atoms with van der Waals surface area (Å²) in [6.07, 6.45) is 1.45. The first-order valence-corrected chi connectivity index (χ1v) is 6.46. The zero-order chi connectivity index (χ0) is 14.8. The minimum absolute atomic E-state index is 0.168. The molecular formula is C12H23N3O4. The Balaban J connectivity index is 4.13. The summed E-state index contributed by atoms with van der Waals surface area (Å²) in [6, 6.07) is -1.61. The molecule has 7 heteroatoms. The van der Waals surface area contributed by atoms with Crippen LogP contribution in [0.1, 0.15) is 33.6 Å². The van der Waals surface area contributed by atoms with Gasteiger partial charge in [-0.15, -0.1) is 0 Å². The van der Waals surface area contributed by atoms with E-state index < -0.39 is 18.0 Å². The summed E-state index contributed by atoms with van der Waals surface area (Å²) in [4.78, 5) is 33.7. The van der Waals surface area contributed by atoms with Gasteiger partial charge in [0, 0.05) is 6.54 Å². The molecule has 0 aliphatic heterocycles. The Morgan fingerprint density at radius 3 is 2.26 bits per heavy atom. The monoisotopic (exact) mass is 273 g/mol. The number of carboxylic acids is 1. The van der Waals surface area contributed by atoms with Crippen LogP contribution in [0, 0.1) is 5.92 Å².